The van der Waals surface area contributed by atoms with Crippen molar-refractivity contribution in [2.75, 3.05) is 73.1 Å². The minimum atomic E-state index is -0.193. The number of hydrogen-bond acceptors (Lipinski definition) is 5. The van der Waals surface area contributed by atoms with Gasteiger partial charge in [0.25, 0.3) is 0 Å². The predicted octanol–water partition coefficient (Wildman–Crippen LogP) is 0.886. The molecule has 1 N–H and O–H groups in total. The van der Waals surface area contributed by atoms with Crippen LogP contribution in [0.15, 0.2) is 0 Å². The van der Waals surface area contributed by atoms with Gasteiger partial charge in [-0.15, -0.1) is 0 Å². The summed E-state index contributed by atoms with van der Waals surface area (Å²) in [5.74, 6) is 0. The lowest BCUT2D eigenvalue weighted by molar-refractivity contribution is 0.0568. The van der Waals surface area contributed by atoms with Crippen LogP contribution >= 0.6 is 0 Å². The van der Waals surface area contributed by atoms with Crippen molar-refractivity contribution in [1.82, 2.24) is 24.9 Å². The number of rotatable bonds is 6. The first-order chi connectivity index (χ1) is 12.5. The smallest absolute Gasteiger partial charge is 0.409 e. The lowest BCUT2D eigenvalue weighted by Gasteiger charge is -2.42. The van der Waals surface area contributed by atoms with E-state index in [1.54, 1.807) is 4.90 Å². The Kier molecular flexibility index (Phi) is 8.44. The summed E-state index contributed by atoms with van der Waals surface area (Å²) in [5, 5.41) is 3.02. The second kappa shape index (κ2) is 10.6. The molecule has 0 spiro atoms. The number of piperazine rings is 1. The summed E-state index contributed by atoms with van der Waals surface area (Å²) < 4.78 is 5.08. The Morgan fingerprint density at radius 3 is 2.27 bits per heavy atom. The first-order valence-electron chi connectivity index (χ1n) is 9.84. The van der Waals surface area contributed by atoms with Crippen LogP contribution in [-0.2, 0) is 4.74 Å². The summed E-state index contributed by atoms with van der Waals surface area (Å²) in [7, 11) is 4.08. The molecule has 2 fully saturated rings. The molecule has 0 radical (unpaired) electrons. The van der Waals surface area contributed by atoms with Gasteiger partial charge in [-0.3, -0.25) is 4.90 Å². The van der Waals surface area contributed by atoms with E-state index in [0.29, 0.717) is 12.6 Å². The van der Waals surface area contributed by atoms with E-state index in [4.69, 9.17) is 4.74 Å². The van der Waals surface area contributed by atoms with Gasteiger partial charge in [0.05, 0.1) is 6.61 Å². The summed E-state index contributed by atoms with van der Waals surface area (Å²) >= 11 is 0. The molecule has 0 aromatic rings. The molecular weight excluding hydrogens is 334 g/mol. The van der Waals surface area contributed by atoms with Gasteiger partial charge in [0, 0.05) is 51.9 Å². The molecule has 0 bridgehead atoms. The highest BCUT2D eigenvalue weighted by Gasteiger charge is 2.30. The fourth-order valence-corrected chi connectivity index (χ4v) is 3.62. The van der Waals surface area contributed by atoms with Crippen LogP contribution in [0.3, 0.4) is 0 Å². The Labute approximate surface area is 157 Å². The van der Waals surface area contributed by atoms with Crippen LogP contribution in [0.4, 0.5) is 9.59 Å². The molecular formula is C18H35N5O3. The summed E-state index contributed by atoms with van der Waals surface area (Å²) in [6.07, 6.45) is 2.74. The highest BCUT2D eigenvalue weighted by molar-refractivity contribution is 5.74. The van der Waals surface area contributed by atoms with Gasteiger partial charge in [0.2, 0.25) is 0 Å². The molecule has 2 heterocycles. The number of carbonyl (C=O) groups is 2. The van der Waals surface area contributed by atoms with Gasteiger partial charge in [-0.2, -0.15) is 0 Å². The summed E-state index contributed by atoms with van der Waals surface area (Å²) in [6, 6.07) is 0.562. The zero-order chi connectivity index (χ0) is 18.9. The third-order valence-electron chi connectivity index (χ3n) is 5.17. The average molecular weight is 370 g/mol. The minimum absolute atomic E-state index is 0.0561. The van der Waals surface area contributed by atoms with E-state index >= 15 is 0 Å². The first kappa shape index (κ1) is 20.8. The van der Waals surface area contributed by atoms with Gasteiger partial charge >= 0.3 is 12.1 Å². The van der Waals surface area contributed by atoms with Gasteiger partial charge in [0.15, 0.2) is 0 Å². The van der Waals surface area contributed by atoms with Gasteiger partial charge < -0.3 is 24.8 Å². The maximum Gasteiger partial charge on any atom is 0.409 e. The maximum atomic E-state index is 12.2. The van der Waals surface area contributed by atoms with Crippen molar-refractivity contribution in [2.45, 2.75) is 32.2 Å². The fourth-order valence-electron chi connectivity index (χ4n) is 3.62. The number of ether oxygens (including phenoxy) is 1. The summed E-state index contributed by atoms with van der Waals surface area (Å²) in [4.78, 5) is 32.3. The van der Waals surface area contributed by atoms with E-state index < -0.39 is 0 Å². The number of nitrogens with one attached hydrogen (secondary N) is 1. The Bertz CT molecular complexity index is 444. The van der Waals surface area contributed by atoms with E-state index in [1.165, 1.54) is 0 Å². The van der Waals surface area contributed by atoms with Crippen LogP contribution in [0, 0.1) is 0 Å². The van der Waals surface area contributed by atoms with E-state index in [2.05, 4.69) is 15.1 Å². The maximum absolute atomic E-state index is 12.2. The molecule has 0 unspecified atom stereocenters. The number of likely N-dealkylation sites (tertiary alicyclic amines) is 1. The normalized spacial score (nSPS) is 19.7. The van der Waals surface area contributed by atoms with Crippen LogP contribution in [0.2, 0.25) is 0 Å². The van der Waals surface area contributed by atoms with E-state index in [1.807, 2.05) is 25.9 Å². The second-order valence-electron chi connectivity index (χ2n) is 7.33. The number of urea groups is 1. The Morgan fingerprint density at radius 1 is 1.04 bits per heavy atom. The molecule has 2 aliphatic rings. The number of nitrogens with zero attached hydrogens (tertiary/aromatic N) is 4. The minimum Gasteiger partial charge on any atom is -0.450 e. The topological polar surface area (TPSA) is 68.4 Å². The molecule has 0 aromatic heterocycles. The van der Waals surface area contributed by atoms with Crippen molar-refractivity contribution in [2.24, 2.45) is 0 Å². The molecule has 26 heavy (non-hydrogen) atoms. The fraction of sp³-hybridized carbons (Fsp3) is 0.889. The van der Waals surface area contributed by atoms with Gasteiger partial charge in [0.1, 0.15) is 0 Å². The van der Waals surface area contributed by atoms with Crippen molar-refractivity contribution < 1.29 is 14.3 Å². The SMILES string of the molecule is CCOC(=O)N1CCC(N2CCN(C(=O)NCCCN(C)C)CC2)CC1. The standard InChI is InChI=1S/C18H35N5O3/c1-4-26-18(25)23-10-6-16(7-11-23)21-12-14-22(15-13-21)17(24)19-8-5-9-20(2)3/h16H,4-15H2,1-3H3,(H,19,24). The molecule has 0 aliphatic carbocycles. The predicted molar refractivity (Wildman–Crippen MR) is 101 cm³/mol. The monoisotopic (exact) mass is 369 g/mol. The van der Waals surface area contributed by atoms with Crippen molar-refractivity contribution in [3.8, 4) is 0 Å². The third kappa shape index (κ3) is 6.32. The third-order valence-corrected chi connectivity index (χ3v) is 5.17. The van der Waals surface area contributed by atoms with E-state index in [9.17, 15) is 9.59 Å². The van der Waals surface area contributed by atoms with Crippen LogP contribution in [-0.4, -0.2) is 111 Å². The lowest BCUT2D eigenvalue weighted by atomic mass is 10.0. The van der Waals surface area contributed by atoms with Gasteiger partial charge in [-0.05, 0) is 46.8 Å². The lowest BCUT2D eigenvalue weighted by Crippen LogP contribution is -2.56. The van der Waals surface area contributed by atoms with Crippen molar-refractivity contribution in [1.29, 1.82) is 0 Å². The van der Waals surface area contributed by atoms with Crippen LogP contribution in [0.1, 0.15) is 26.2 Å². The van der Waals surface area contributed by atoms with Crippen molar-refractivity contribution in [3.63, 3.8) is 0 Å². The summed E-state index contributed by atoms with van der Waals surface area (Å²) in [6.45, 7) is 8.87. The molecule has 3 amide bonds. The van der Waals surface area contributed by atoms with Gasteiger partial charge in [-0.25, -0.2) is 9.59 Å². The van der Waals surface area contributed by atoms with Crippen LogP contribution in [0.5, 0.6) is 0 Å². The van der Waals surface area contributed by atoms with Crippen LogP contribution in [0.25, 0.3) is 0 Å². The molecule has 2 aliphatic heterocycles. The number of piperidine rings is 1. The van der Waals surface area contributed by atoms with E-state index in [0.717, 1.165) is 71.6 Å². The molecule has 0 aromatic carbocycles. The van der Waals surface area contributed by atoms with Crippen molar-refractivity contribution in [3.05, 3.63) is 0 Å². The Hall–Kier alpha value is -1.54. The Balaban J connectivity index is 1.64. The molecule has 0 atom stereocenters. The second-order valence-corrected chi connectivity index (χ2v) is 7.33. The number of amides is 3. The molecule has 2 rings (SSSR count). The number of carbonyl (C=O) groups excluding carboxylic acids is 2. The first-order valence-corrected chi connectivity index (χ1v) is 9.84. The molecule has 150 valence electrons. The quantitative estimate of drug-likeness (QED) is 0.704. The zero-order valence-corrected chi connectivity index (χ0v) is 16.6. The van der Waals surface area contributed by atoms with Gasteiger partial charge in [-0.1, -0.05) is 0 Å². The van der Waals surface area contributed by atoms with Crippen LogP contribution < -0.4 is 5.32 Å². The summed E-state index contributed by atoms with van der Waals surface area (Å²) in [5.41, 5.74) is 0. The van der Waals surface area contributed by atoms with Crippen molar-refractivity contribution >= 4 is 12.1 Å². The molecule has 2 saturated heterocycles. The number of hydrogen-bond donors (Lipinski definition) is 1. The molecule has 8 heteroatoms. The Morgan fingerprint density at radius 2 is 1.69 bits per heavy atom. The molecule has 8 nitrogen and oxygen atoms in total. The zero-order valence-electron chi connectivity index (χ0n) is 16.6. The van der Waals surface area contributed by atoms with E-state index in [-0.39, 0.29) is 12.1 Å². The molecule has 0 saturated carbocycles. The largest absolute Gasteiger partial charge is 0.450 e. The highest BCUT2D eigenvalue weighted by atomic mass is 16.6. The average Bonchev–Trinajstić information content (AvgIpc) is 2.65. The highest BCUT2D eigenvalue weighted by Crippen LogP contribution is 2.19.